The van der Waals surface area contributed by atoms with Crippen molar-refractivity contribution in [1.82, 2.24) is 0 Å². The van der Waals surface area contributed by atoms with Gasteiger partial charge in [-0.25, -0.2) is 0 Å². The van der Waals surface area contributed by atoms with E-state index >= 15 is 0 Å². The number of methoxy groups -OCH3 is 2. The Labute approximate surface area is 119 Å². The molecule has 0 heterocycles. The van der Waals surface area contributed by atoms with E-state index in [0.717, 1.165) is 6.42 Å². The van der Waals surface area contributed by atoms with Crippen LogP contribution in [0.1, 0.15) is 37.6 Å². The van der Waals surface area contributed by atoms with Crippen LogP contribution in [0.5, 0.6) is 11.5 Å². The molecule has 0 saturated heterocycles. The SMILES string of the molecule is CCC(C)C(=O)Nc1cc(OC)c(OC)cc1C(C)=O. The largest absolute Gasteiger partial charge is 0.493 e. The smallest absolute Gasteiger partial charge is 0.227 e. The second-order valence-corrected chi connectivity index (χ2v) is 4.61. The lowest BCUT2D eigenvalue weighted by atomic mass is 10.1. The Morgan fingerprint density at radius 1 is 1.20 bits per heavy atom. The summed E-state index contributed by atoms with van der Waals surface area (Å²) in [4.78, 5) is 23.7. The van der Waals surface area contributed by atoms with Crippen LogP contribution in [0.25, 0.3) is 0 Å². The lowest BCUT2D eigenvalue weighted by molar-refractivity contribution is -0.119. The number of nitrogens with one attached hydrogen (secondary N) is 1. The number of rotatable bonds is 6. The molecule has 0 aliphatic rings. The fourth-order valence-corrected chi connectivity index (χ4v) is 1.72. The van der Waals surface area contributed by atoms with E-state index in [0.29, 0.717) is 22.7 Å². The minimum atomic E-state index is -0.148. The summed E-state index contributed by atoms with van der Waals surface area (Å²) >= 11 is 0. The van der Waals surface area contributed by atoms with Crippen molar-refractivity contribution in [3.8, 4) is 11.5 Å². The molecule has 0 aliphatic carbocycles. The zero-order valence-electron chi connectivity index (χ0n) is 12.6. The van der Waals surface area contributed by atoms with Crippen LogP contribution in [0, 0.1) is 5.92 Å². The minimum Gasteiger partial charge on any atom is -0.493 e. The van der Waals surface area contributed by atoms with Gasteiger partial charge in [0.25, 0.3) is 0 Å². The van der Waals surface area contributed by atoms with Crippen LogP contribution >= 0.6 is 0 Å². The molecule has 0 radical (unpaired) electrons. The molecule has 1 aromatic rings. The maximum absolute atomic E-state index is 12.0. The van der Waals surface area contributed by atoms with Crippen molar-refractivity contribution in [3.63, 3.8) is 0 Å². The van der Waals surface area contributed by atoms with Crippen LogP contribution < -0.4 is 14.8 Å². The molecule has 1 N–H and O–H groups in total. The molecule has 0 aliphatic heterocycles. The molecule has 5 nitrogen and oxygen atoms in total. The molecule has 0 bridgehead atoms. The molecular weight excluding hydrogens is 258 g/mol. The van der Waals surface area contributed by atoms with E-state index < -0.39 is 0 Å². The van der Waals surface area contributed by atoms with Gasteiger partial charge in [-0.15, -0.1) is 0 Å². The van der Waals surface area contributed by atoms with E-state index in [1.807, 2.05) is 13.8 Å². The number of carbonyl (C=O) groups is 2. The fraction of sp³-hybridized carbons (Fsp3) is 0.467. The second-order valence-electron chi connectivity index (χ2n) is 4.61. The molecule has 1 amide bonds. The first-order valence-electron chi connectivity index (χ1n) is 6.52. The average Bonchev–Trinajstić information content (AvgIpc) is 2.45. The van der Waals surface area contributed by atoms with Gasteiger partial charge in [-0.05, 0) is 19.4 Å². The third-order valence-electron chi connectivity index (χ3n) is 3.22. The number of hydrogen-bond donors (Lipinski definition) is 1. The van der Waals surface area contributed by atoms with Crippen LogP contribution in [-0.4, -0.2) is 25.9 Å². The third kappa shape index (κ3) is 3.50. The van der Waals surface area contributed by atoms with Gasteiger partial charge >= 0.3 is 0 Å². The topological polar surface area (TPSA) is 64.6 Å². The molecule has 0 saturated carbocycles. The van der Waals surface area contributed by atoms with Gasteiger partial charge < -0.3 is 14.8 Å². The summed E-state index contributed by atoms with van der Waals surface area (Å²) in [6, 6.07) is 3.18. The van der Waals surface area contributed by atoms with Gasteiger partial charge in [0.1, 0.15) is 0 Å². The summed E-state index contributed by atoms with van der Waals surface area (Å²) in [7, 11) is 3.00. The van der Waals surface area contributed by atoms with Gasteiger partial charge in [-0.3, -0.25) is 9.59 Å². The number of amides is 1. The van der Waals surface area contributed by atoms with Gasteiger partial charge in [0.2, 0.25) is 5.91 Å². The number of hydrogen-bond acceptors (Lipinski definition) is 4. The number of ketones is 1. The van der Waals surface area contributed by atoms with Crippen LogP contribution in [0.4, 0.5) is 5.69 Å². The van der Waals surface area contributed by atoms with Crippen LogP contribution in [0.15, 0.2) is 12.1 Å². The number of ether oxygens (including phenoxy) is 2. The standard InChI is InChI=1S/C15H21NO4/c1-6-9(2)15(18)16-12-8-14(20-5)13(19-4)7-11(12)10(3)17/h7-9H,6H2,1-5H3,(H,16,18). The number of anilines is 1. The van der Waals surface area contributed by atoms with Gasteiger partial charge in [0.05, 0.1) is 19.9 Å². The van der Waals surface area contributed by atoms with Gasteiger partial charge in [0.15, 0.2) is 17.3 Å². The van der Waals surface area contributed by atoms with Crippen molar-refractivity contribution in [2.45, 2.75) is 27.2 Å². The molecule has 1 rings (SSSR count). The molecular formula is C15H21NO4. The van der Waals surface area contributed by atoms with Crippen LogP contribution in [-0.2, 0) is 4.79 Å². The zero-order chi connectivity index (χ0) is 15.3. The second kappa shape index (κ2) is 6.93. The number of carbonyl (C=O) groups excluding carboxylic acids is 2. The lowest BCUT2D eigenvalue weighted by Crippen LogP contribution is -2.21. The molecule has 0 spiro atoms. The molecule has 20 heavy (non-hydrogen) atoms. The average molecular weight is 279 g/mol. The number of benzene rings is 1. The Balaban J connectivity index is 3.22. The first-order valence-corrected chi connectivity index (χ1v) is 6.52. The Hall–Kier alpha value is -2.04. The summed E-state index contributed by atoms with van der Waals surface area (Å²) in [5.41, 5.74) is 0.847. The molecule has 0 aromatic heterocycles. The van der Waals surface area contributed by atoms with E-state index in [9.17, 15) is 9.59 Å². The summed E-state index contributed by atoms with van der Waals surface area (Å²) < 4.78 is 10.4. The Kier molecular flexibility index (Phi) is 5.55. The predicted octanol–water partition coefficient (Wildman–Crippen LogP) is 2.89. The van der Waals surface area contributed by atoms with Crippen LogP contribution in [0.3, 0.4) is 0 Å². The van der Waals surface area contributed by atoms with Gasteiger partial charge in [-0.2, -0.15) is 0 Å². The Morgan fingerprint density at radius 2 is 1.75 bits per heavy atom. The highest BCUT2D eigenvalue weighted by Crippen LogP contribution is 2.33. The summed E-state index contributed by atoms with van der Waals surface area (Å²) in [6.45, 7) is 5.22. The van der Waals surface area contributed by atoms with Crippen molar-refractivity contribution in [1.29, 1.82) is 0 Å². The van der Waals surface area contributed by atoms with Gasteiger partial charge in [-0.1, -0.05) is 13.8 Å². The minimum absolute atomic E-state index is 0.122. The monoisotopic (exact) mass is 279 g/mol. The summed E-state index contributed by atoms with van der Waals surface area (Å²) in [5, 5.41) is 2.77. The molecule has 110 valence electrons. The molecule has 1 aromatic carbocycles. The quantitative estimate of drug-likeness (QED) is 0.813. The third-order valence-corrected chi connectivity index (χ3v) is 3.22. The highest BCUT2D eigenvalue weighted by atomic mass is 16.5. The number of Topliss-reactive ketones (excluding diaryl/α,β-unsaturated/α-hetero) is 1. The predicted molar refractivity (Wildman–Crippen MR) is 77.6 cm³/mol. The van der Waals surface area contributed by atoms with E-state index in [1.54, 1.807) is 12.1 Å². The molecule has 1 atom stereocenters. The van der Waals surface area contributed by atoms with Crippen LogP contribution in [0.2, 0.25) is 0 Å². The van der Waals surface area contributed by atoms with E-state index in [4.69, 9.17) is 9.47 Å². The van der Waals surface area contributed by atoms with E-state index in [2.05, 4.69) is 5.32 Å². The first kappa shape index (κ1) is 16.0. The maximum atomic E-state index is 12.0. The fourth-order valence-electron chi connectivity index (χ4n) is 1.72. The van der Waals surface area contributed by atoms with Crippen molar-refractivity contribution < 1.29 is 19.1 Å². The maximum Gasteiger partial charge on any atom is 0.227 e. The summed E-state index contributed by atoms with van der Waals surface area (Å²) in [5.74, 6) is 0.534. The molecule has 5 heteroatoms. The van der Waals surface area contributed by atoms with Gasteiger partial charge in [0, 0.05) is 17.5 Å². The lowest BCUT2D eigenvalue weighted by Gasteiger charge is -2.16. The summed E-state index contributed by atoms with van der Waals surface area (Å²) in [6.07, 6.45) is 0.731. The molecule has 1 unspecified atom stereocenters. The Bertz CT molecular complexity index is 511. The van der Waals surface area contributed by atoms with Crippen molar-refractivity contribution in [2.75, 3.05) is 19.5 Å². The van der Waals surface area contributed by atoms with Crippen molar-refractivity contribution in [2.24, 2.45) is 5.92 Å². The normalized spacial score (nSPS) is 11.7. The molecule has 0 fully saturated rings. The van der Waals surface area contributed by atoms with Crippen molar-refractivity contribution in [3.05, 3.63) is 17.7 Å². The first-order chi connectivity index (χ1) is 9.44. The van der Waals surface area contributed by atoms with E-state index in [1.165, 1.54) is 21.1 Å². The highest BCUT2D eigenvalue weighted by Gasteiger charge is 2.18. The van der Waals surface area contributed by atoms with Crippen molar-refractivity contribution >= 4 is 17.4 Å². The highest BCUT2D eigenvalue weighted by molar-refractivity contribution is 6.04. The Morgan fingerprint density at radius 3 is 2.20 bits per heavy atom. The van der Waals surface area contributed by atoms with E-state index in [-0.39, 0.29) is 17.6 Å². The zero-order valence-corrected chi connectivity index (χ0v) is 12.6.